The number of aromatic amines is 1. The molecular formula is C30H31N5O4. The Kier molecular flexibility index (Phi) is 7.42. The molecule has 1 aliphatic rings. The fourth-order valence-corrected chi connectivity index (χ4v) is 5.15. The second-order valence-corrected chi connectivity index (χ2v) is 10.1. The van der Waals surface area contributed by atoms with E-state index in [9.17, 15) is 20.0 Å². The average Bonchev–Trinajstić information content (AvgIpc) is 3.27. The topological polar surface area (TPSA) is 115 Å². The molecule has 39 heavy (non-hydrogen) atoms. The van der Waals surface area contributed by atoms with Gasteiger partial charge in [0.15, 0.2) is 5.88 Å². The molecule has 3 aromatic carbocycles. The minimum atomic E-state index is -0.450. The molecule has 0 atom stereocenters. The summed E-state index contributed by atoms with van der Waals surface area (Å²) in [6.45, 7) is 2.56. The largest absolute Gasteiger partial charge is 0.494 e. The van der Waals surface area contributed by atoms with E-state index in [1.165, 1.54) is 12.1 Å². The van der Waals surface area contributed by atoms with Crippen LogP contribution in [0.3, 0.4) is 0 Å². The lowest BCUT2D eigenvalue weighted by atomic mass is 9.95. The molecule has 2 heterocycles. The van der Waals surface area contributed by atoms with E-state index in [0.29, 0.717) is 27.9 Å². The standard InChI is InChI=1S/C30H31N5O4/c1-33(2)30(37)22-14-16-34(17-15-22)19-20-8-10-23(11-9-20)31-28(21-6-4-3-5-7-21)27-25-18-24(35(38)39)12-13-26(25)32-29(27)36/h3-13,18,22,32,36H,14-17,19H2,1-2H3. The molecule has 200 valence electrons. The molecule has 9 heteroatoms. The molecule has 4 aromatic rings. The number of aromatic nitrogens is 1. The van der Waals surface area contributed by atoms with Gasteiger partial charge in [-0.2, -0.15) is 0 Å². The van der Waals surface area contributed by atoms with Gasteiger partial charge in [0, 0.05) is 55.2 Å². The van der Waals surface area contributed by atoms with Crippen molar-refractivity contribution in [1.29, 1.82) is 0 Å². The van der Waals surface area contributed by atoms with E-state index in [1.807, 2.05) is 68.7 Å². The fourth-order valence-electron chi connectivity index (χ4n) is 5.15. The molecule has 0 bridgehead atoms. The van der Waals surface area contributed by atoms with Gasteiger partial charge in [0.1, 0.15) is 0 Å². The Morgan fingerprint density at radius 1 is 1.08 bits per heavy atom. The summed E-state index contributed by atoms with van der Waals surface area (Å²) in [5.41, 5.74) is 4.08. The maximum Gasteiger partial charge on any atom is 0.270 e. The highest BCUT2D eigenvalue weighted by Gasteiger charge is 2.26. The summed E-state index contributed by atoms with van der Waals surface area (Å²) >= 11 is 0. The number of piperidine rings is 1. The van der Waals surface area contributed by atoms with E-state index in [-0.39, 0.29) is 23.4 Å². The Balaban J connectivity index is 1.42. The van der Waals surface area contributed by atoms with Crippen LogP contribution < -0.4 is 0 Å². The number of hydrogen-bond donors (Lipinski definition) is 2. The van der Waals surface area contributed by atoms with Gasteiger partial charge in [-0.25, -0.2) is 4.99 Å². The molecule has 2 N–H and O–H groups in total. The number of aliphatic imine (C=N–C) groups is 1. The minimum absolute atomic E-state index is 0.0605. The van der Waals surface area contributed by atoms with Crippen LogP contribution in [0.2, 0.25) is 0 Å². The molecule has 1 amide bonds. The number of benzene rings is 3. The van der Waals surface area contributed by atoms with Crippen molar-refractivity contribution in [3.05, 3.63) is 99.6 Å². The van der Waals surface area contributed by atoms with Crippen LogP contribution in [0.25, 0.3) is 10.9 Å². The van der Waals surface area contributed by atoms with Crippen LogP contribution in [0.5, 0.6) is 5.88 Å². The van der Waals surface area contributed by atoms with E-state index in [4.69, 9.17) is 4.99 Å². The molecule has 0 saturated carbocycles. The first kappa shape index (κ1) is 26.1. The molecule has 1 aliphatic heterocycles. The number of non-ortho nitro benzene ring substituents is 1. The van der Waals surface area contributed by atoms with E-state index < -0.39 is 4.92 Å². The number of likely N-dealkylation sites (tertiary alicyclic amines) is 1. The van der Waals surface area contributed by atoms with Gasteiger partial charge in [0.2, 0.25) is 5.91 Å². The summed E-state index contributed by atoms with van der Waals surface area (Å²) in [4.78, 5) is 35.1. The molecule has 5 rings (SSSR count). The molecule has 1 aromatic heterocycles. The number of nitro groups is 1. The van der Waals surface area contributed by atoms with E-state index in [0.717, 1.165) is 43.6 Å². The molecule has 0 aliphatic carbocycles. The van der Waals surface area contributed by atoms with Crippen LogP contribution in [0.4, 0.5) is 11.4 Å². The number of H-pyrrole nitrogens is 1. The lowest BCUT2D eigenvalue weighted by molar-refractivity contribution is -0.384. The third kappa shape index (κ3) is 5.68. The molecule has 0 spiro atoms. The first-order valence-corrected chi connectivity index (χ1v) is 13.0. The first-order chi connectivity index (χ1) is 18.8. The predicted octanol–water partition coefficient (Wildman–Crippen LogP) is 5.25. The highest BCUT2D eigenvalue weighted by molar-refractivity contribution is 6.22. The number of nitrogens with one attached hydrogen (secondary N) is 1. The molecule has 0 radical (unpaired) electrons. The summed E-state index contributed by atoms with van der Waals surface area (Å²) < 4.78 is 0. The Labute approximate surface area is 226 Å². The van der Waals surface area contributed by atoms with E-state index in [2.05, 4.69) is 9.88 Å². The average molecular weight is 526 g/mol. The van der Waals surface area contributed by atoms with Gasteiger partial charge in [-0.15, -0.1) is 0 Å². The molecule has 1 fully saturated rings. The van der Waals surface area contributed by atoms with Gasteiger partial charge in [0.25, 0.3) is 5.69 Å². The van der Waals surface area contributed by atoms with Gasteiger partial charge in [-0.05, 0) is 49.7 Å². The highest BCUT2D eigenvalue weighted by Crippen LogP contribution is 2.33. The SMILES string of the molecule is CN(C)C(=O)C1CCN(Cc2ccc(N=C(c3ccccc3)c3c(O)[nH]c4ccc([N+](=O)[O-])cc34)cc2)CC1. The number of fused-ring (bicyclic) bond motifs is 1. The van der Waals surface area contributed by atoms with Crippen LogP contribution in [0.1, 0.15) is 29.5 Å². The predicted molar refractivity (Wildman–Crippen MR) is 151 cm³/mol. The second-order valence-electron chi connectivity index (χ2n) is 10.1. The third-order valence-electron chi connectivity index (χ3n) is 7.22. The number of nitrogens with zero attached hydrogens (tertiary/aromatic N) is 4. The zero-order valence-corrected chi connectivity index (χ0v) is 22.0. The monoisotopic (exact) mass is 525 g/mol. The van der Waals surface area contributed by atoms with Gasteiger partial charge in [-0.3, -0.25) is 19.8 Å². The van der Waals surface area contributed by atoms with Crippen molar-refractivity contribution in [3.8, 4) is 5.88 Å². The number of carbonyl (C=O) groups is 1. The Morgan fingerprint density at radius 2 is 1.77 bits per heavy atom. The van der Waals surface area contributed by atoms with Crippen molar-refractivity contribution < 1.29 is 14.8 Å². The number of amides is 1. The summed E-state index contributed by atoms with van der Waals surface area (Å²) in [5, 5.41) is 22.8. The number of nitro benzene ring substituents is 1. The summed E-state index contributed by atoms with van der Waals surface area (Å²) in [7, 11) is 3.62. The lowest BCUT2D eigenvalue weighted by Crippen LogP contribution is -2.39. The van der Waals surface area contributed by atoms with Crippen LogP contribution in [-0.4, -0.2) is 63.6 Å². The van der Waals surface area contributed by atoms with Crippen molar-refractivity contribution in [2.45, 2.75) is 19.4 Å². The van der Waals surface area contributed by atoms with Crippen LogP contribution in [0, 0.1) is 16.0 Å². The maximum absolute atomic E-state index is 12.3. The van der Waals surface area contributed by atoms with E-state index >= 15 is 0 Å². The Morgan fingerprint density at radius 3 is 2.41 bits per heavy atom. The Hall–Kier alpha value is -4.50. The van der Waals surface area contributed by atoms with Crippen LogP contribution in [-0.2, 0) is 11.3 Å². The normalized spacial score (nSPS) is 15.0. The fraction of sp³-hybridized carbons (Fsp3) is 0.267. The van der Waals surface area contributed by atoms with Gasteiger partial charge in [-0.1, -0.05) is 42.5 Å². The molecule has 0 unspecified atom stereocenters. The quantitative estimate of drug-likeness (QED) is 0.194. The minimum Gasteiger partial charge on any atom is -0.494 e. The number of carbonyl (C=O) groups excluding carboxylic acids is 1. The van der Waals surface area contributed by atoms with E-state index in [1.54, 1.807) is 11.0 Å². The van der Waals surface area contributed by atoms with Gasteiger partial charge >= 0.3 is 0 Å². The van der Waals surface area contributed by atoms with Crippen molar-refractivity contribution in [1.82, 2.24) is 14.8 Å². The van der Waals surface area contributed by atoms with Crippen LogP contribution in [0.15, 0.2) is 77.8 Å². The third-order valence-corrected chi connectivity index (χ3v) is 7.22. The van der Waals surface area contributed by atoms with Crippen molar-refractivity contribution in [2.75, 3.05) is 27.2 Å². The van der Waals surface area contributed by atoms with Crippen molar-refractivity contribution >= 4 is 33.9 Å². The summed E-state index contributed by atoms with van der Waals surface area (Å²) in [6, 6.07) is 21.9. The van der Waals surface area contributed by atoms with Crippen LogP contribution >= 0.6 is 0 Å². The second kappa shape index (κ2) is 11.1. The summed E-state index contributed by atoms with van der Waals surface area (Å²) in [5.74, 6) is 0.217. The molecular weight excluding hydrogens is 494 g/mol. The number of rotatable bonds is 7. The Bertz CT molecular complexity index is 1520. The highest BCUT2D eigenvalue weighted by atomic mass is 16.6. The van der Waals surface area contributed by atoms with Crippen molar-refractivity contribution in [3.63, 3.8) is 0 Å². The molecule has 9 nitrogen and oxygen atoms in total. The number of aromatic hydroxyl groups is 1. The lowest BCUT2D eigenvalue weighted by Gasteiger charge is -2.32. The maximum atomic E-state index is 12.3. The zero-order valence-electron chi connectivity index (χ0n) is 22.0. The smallest absolute Gasteiger partial charge is 0.270 e. The molecule has 1 saturated heterocycles. The first-order valence-electron chi connectivity index (χ1n) is 13.0. The summed E-state index contributed by atoms with van der Waals surface area (Å²) in [6.07, 6.45) is 1.73. The zero-order chi connectivity index (χ0) is 27.5. The van der Waals surface area contributed by atoms with Crippen molar-refractivity contribution in [2.24, 2.45) is 10.9 Å². The van der Waals surface area contributed by atoms with Gasteiger partial charge < -0.3 is 15.0 Å². The number of hydrogen-bond acceptors (Lipinski definition) is 6. The van der Waals surface area contributed by atoms with Gasteiger partial charge in [0.05, 0.1) is 21.9 Å².